The number of aromatic nitrogens is 1. The molecule has 1 aromatic heterocycles. The van der Waals surface area contributed by atoms with Crippen molar-refractivity contribution in [2.75, 3.05) is 16.8 Å². The predicted molar refractivity (Wildman–Crippen MR) is 120 cm³/mol. The fourth-order valence-corrected chi connectivity index (χ4v) is 3.67. The predicted octanol–water partition coefficient (Wildman–Crippen LogP) is 4.93. The van der Waals surface area contributed by atoms with Gasteiger partial charge in [-0.2, -0.15) is 0 Å². The Morgan fingerprint density at radius 2 is 1.97 bits per heavy atom. The van der Waals surface area contributed by atoms with Crippen molar-refractivity contribution in [3.63, 3.8) is 0 Å². The molecule has 0 saturated carbocycles. The van der Waals surface area contributed by atoms with Crippen LogP contribution in [0.25, 0.3) is 0 Å². The number of fused-ring (bicyclic) bond motifs is 1. The van der Waals surface area contributed by atoms with Crippen LogP contribution < -0.4 is 15.0 Å². The number of carbonyl (C=O) groups is 2. The lowest BCUT2D eigenvalue weighted by Gasteiger charge is -2.33. The summed E-state index contributed by atoms with van der Waals surface area (Å²) in [5.41, 5.74) is 2.40. The summed E-state index contributed by atoms with van der Waals surface area (Å²) in [5, 5.41) is 3.45. The van der Waals surface area contributed by atoms with Crippen LogP contribution in [0, 0.1) is 6.92 Å². The lowest BCUT2D eigenvalue weighted by atomic mass is 10.1. The van der Waals surface area contributed by atoms with Gasteiger partial charge in [0.1, 0.15) is 0 Å². The van der Waals surface area contributed by atoms with Gasteiger partial charge in [-0.25, -0.2) is 4.98 Å². The zero-order chi connectivity index (χ0) is 21.8. The normalized spacial score (nSPS) is 15.2. The van der Waals surface area contributed by atoms with E-state index in [0.29, 0.717) is 35.2 Å². The Kier molecular flexibility index (Phi) is 6.18. The van der Waals surface area contributed by atoms with E-state index in [1.54, 1.807) is 35.4 Å². The first-order valence-electron chi connectivity index (χ1n) is 10.1. The average molecular weight is 436 g/mol. The molecule has 0 aliphatic carbocycles. The molecule has 1 N–H and O–H groups in total. The van der Waals surface area contributed by atoms with Gasteiger partial charge in [0, 0.05) is 35.4 Å². The van der Waals surface area contributed by atoms with Gasteiger partial charge in [0.2, 0.25) is 12.0 Å². The summed E-state index contributed by atoms with van der Waals surface area (Å²) in [5.74, 6) is 0.705. The summed E-state index contributed by atoms with van der Waals surface area (Å²) in [7, 11) is 0. The maximum Gasteiger partial charge on any atom is 0.274 e. The van der Waals surface area contributed by atoms with Crippen molar-refractivity contribution in [1.29, 1.82) is 0 Å². The van der Waals surface area contributed by atoms with E-state index in [9.17, 15) is 9.59 Å². The topological polar surface area (TPSA) is 71.5 Å². The average Bonchev–Trinajstić information content (AvgIpc) is 2.78. The number of nitrogens with one attached hydrogen (secondary N) is 1. The van der Waals surface area contributed by atoms with Crippen molar-refractivity contribution in [2.45, 2.75) is 25.9 Å². The minimum absolute atomic E-state index is 0.132. The summed E-state index contributed by atoms with van der Waals surface area (Å²) in [6.45, 7) is 2.27. The minimum Gasteiger partial charge on any atom is -0.472 e. The van der Waals surface area contributed by atoms with E-state index in [2.05, 4.69) is 10.3 Å². The van der Waals surface area contributed by atoms with Crippen LogP contribution in [0.2, 0.25) is 5.02 Å². The summed E-state index contributed by atoms with van der Waals surface area (Å²) >= 11 is 6.02. The SMILES string of the molecule is Cc1ccc(Cl)cc1NC(=O)CCCN1C(=O)[C@H](c2ccccc2)Oc2cccnc21. The molecule has 2 aromatic carbocycles. The van der Waals surface area contributed by atoms with Crippen LogP contribution in [-0.2, 0) is 9.59 Å². The summed E-state index contributed by atoms with van der Waals surface area (Å²) < 4.78 is 5.95. The molecule has 4 rings (SSSR count). The maximum atomic E-state index is 13.2. The molecule has 31 heavy (non-hydrogen) atoms. The molecule has 2 amide bonds. The van der Waals surface area contributed by atoms with Crippen LogP contribution in [0.4, 0.5) is 11.5 Å². The summed E-state index contributed by atoms with van der Waals surface area (Å²) in [6.07, 6.45) is 1.63. The summed E-state index contributed by atoms with van der Waals surface area (Å²) in [4.78, 5) is 31.6. The van der Waals surface area contributed by atoms with Gasteiger partial charge >= 0.3 is 0 Å². The molecule has 1 atom stereocenters. The van der Waals surface area contributed by atoms with Gasteiger partial charge < -0.3 is 10.1 Å². The standard InChI is InChI=1S/C24H22ClN3O3/c1-16-11-12-18(25)15-19(16)27-21(29)10-6-14-28-23-20(9-5-13-26-23)31-22(24(28)30)17-7-3-2-4-8-17/h2-5,7-9,11-13,15,22H,6,10,14H2,1H3,(H,27,29)/t22-/m0/s1. The van der Waals surface area contributed by atoms with Crippen molar-refractivity contribution in [1.82, 2.24) is 4.98 Å². The van der Waals surface area contributed by atoms with E-state index in [1.165, 1.54) is 0 Å². The van der Waals surface area contributed by atoms with E-state index in [0.717, 1.165) is 11.1 Å². The van der Waals surface area contributed by atoms with Gasteiger partial charge in [-0.3, -0.25) is 14.5 Å². The van der Waals surface area contributed by atoms with E-state index >= 15 is 0 Å². The van der Waals surface area contributed by atoms with Gasteiger partial charge in [0.05, 0.1) is 0 Å². The van der Waals surface area contributed by atoms with Crippen LogP contribution >= 0.6 is 11.6 Å². The lowest BCUT2D eigenvalue weighted by Crippen LogP contribution is -2.42. The first kappa shape index (κ1) is 20.9. The van der Waals surface area contributed by atoms with Gasteiger partial charge in [0.15, 0.2) is 11.6 Å². The molecule has 0 bridgehead atoms. The number of aryl methyl sites for hydroxylation is 1. The molecule has 0 radical (unpaired) electrons. The lowest BCUT2D eigenvalue weighted by molar-refractivity contribution is -0.127. The third-order valence-corrected chi connectivity index (χ3v) is 5.34. The molecule has 3 aromatic rings. The number of pyridine rings is 1. The molecular formula is C24H22ClN3O3. The highest BCUT2D eigenvalue weighted by molar-refractivity contribution is 6.31. The highest BCUT2D eigenvalue weighted by atomic mass is 35.5. The Bertz CT molecular complexity index is 1100. The molecule has 7 heteroatoms. The third-order valence-electron chi connectivity index (χ3n) is 5.10. The molecule has 6 nitrogen and oxygen atoms in total. The number of hydrogen-bond acceptors (Lipinski definition) is 4. The van der Waals surface area contributed by atoms with Crippen LogP contribution in [0.15, 0.2) is 66.9 Å². The van der Waals surface area contributed by atoms with E-state index in [-0.39, 0.29) is 18.2 Å². The maximum absolute atomic E-state index is 13.2. The second-order valence-electron chi connectivity index (χ2n) is 7.33. The third kappa shape index (κ3) is 4.70. The second-order valence-corrected chi connectivity index (χ2v) is 7.77. The Labute approximate surface area is 185 Å². The van der Waals surface area contributed by atoms with E-state index in [1.807, 2.05) is 43.3 Å². The molecule has 0 unspecified atom stereocenters. The van der Waals surface area contributed by atoms with Crippen molar-refractivity contribution < 1.29 is 14.3 Å². The molecule has 0 saturated heterocycles. The van der Waals surface area contributed by atoms with Gasteiger partial charge in [-0.05, 0) is 43.2 Å². The first-order chi connectivity index (χ1) is 15.0. The van der Waals surface area contributed by atoms with Crippen LogP contribution in [0.3, 0.4) is 0 Å². The van der Waals surface area contributed by atoms with E-state index < -0.39 is 6.10 Å². The number of rotatable bonds is 6. The first-order valence-corrected chi connectivity index (χ1v) is 10.4. The van der Waals surface area contributed by atoms with Crippen molar-refractivity contribution >= 4 is 34.9 Å². The number of amides is 2. The number of nitrogens with zero attached hydrogens (tertiary/aromatic N) is 2. The van der Waals surface area contributed by atoms with Crippen LogP contribution in [0.5, 0.6) is 5.75 Å². The fourth-order valence-electron chi connectivity index (χ4n) is 3.49. The van der Waals surface area contributed by atoms with Gasteiger partial charge in [0.25, 0.3) is 5.91 Å². The monoisotopic (exact) mass is 435 g/mol. The molecular weight excluding hydrogens is 414 g/mol. The molecule has 0 spiro atoms. The van der Waals surface area contributed by atoms with Crippen molar-refractivity contribution in [3.8, 4) is 5.75 Å². The molecule has 1 aliphatic heterocycles. The zero-order valence-corrected chi connectivity index (χ0v) is 17.8. The molecule has 0 fully saturated rings. The van der Waals surface area contributed by atoms with Crippen LogP contribution in [-0.4, -0.2) is 23.3 Å². The smallest absolute Gasteiger partial charge is 0.274 e. The number of carbonyl (C=O) groups excluding carboxylic acids is 2. The Morgan fingerprint density at radius 1 is 1.16 bits per heavy atom. The molecule has 2 heterocycles. The number of anilines is 2. The zero-order valence-electron chi connectivity index (χ0n) is 17.0. The number of halogens is 1. The summed E-state index contributed by atoms with van der Waals surface area (Å²) in [6, 6.07) is 18.3. The highest BCUT2D eigenvalue weighted by Crippen LogP contribution is 2.37. The van der Waals surface area contributed by atoms with Gasteiger partial charge in [-0.15, -0.1) is 0 Å². The number of benzene rings is 2. The Hall–Kier alpha value is -3.38. The van der Waals surface area contributed by atoms with Crippen LogP contribution in [0.1, 0.15) is 30.1 Å². The Morgan fingerprint density at radius 3 is 2.77 bits per heavy atom. The Balaban J connectivity index is 1.45. The fraction of sp³-hybridized carbons (Fsp3) is 0.208. The quantitative estimate of drug-likeness (QED) is 0.596. The van der Waals surface area contributed by atoms with E-state index in [4.69, 9.17) is 16.3 Å². The molecule has 1 aliphatic rings. The second kappa shape index (κ2) is 9.18. The number of ether oxygens (including phenoxy) is 1. The van der Waals surface area contributed by atoms with Gasteiger partial charge in [-0.1, -0.05) is 48.0 Å². The largest absolute Gasteiger partial charge is 0.472 e. The number of hydrogen-bond donors (Lipinski definition) is 1. The highest BCUT2D eigenvalue weighted by Gasteiger charge is 2.36. The van der Waals surface area contributed by atoms with Crippen molar-refractivity contribution in [3.05, 3.63) is 83.0 Å². The van der Waals surface area contributed by atoms with Crippen molar-refractivity contribution in [2.24, 2.45) is 0 Å². The minimum atomic E-state index is -0.735. The molecule has 158 valence electrons.